The predicted molar refractivity (Wildman–Crippen MR) is 138 cm³/mol. The number of rotatable bonds is 11. The fraction of sp³-hybridized carbons (Fsp3) is 0.455. The van der Waals surface area contributed by atoms with Crippen molar-refractivity contribution >= 4 is 52.8 Å². The molecule has 0 fully saturated rings. The van der Waals surface area contributed by atoms with Gasteiger partial charge in [0.25, 0.3) is 0 Å². The Morgan fingerprint density at radius 2 is 1.57 bits per heavy atom. The van der Waals surface area contributed by atoms with Crippen LogP contribution in [0.1, 0.15) is 44.7 Å². The van der Waals surface area contributed by atoms with Crippen LogP contribution in [-0.4, -0.2) is 26.5 Å². The molecule has 2 aromatic rings. The van der Waals surface area contributed by atoms with E-state index in [0.717, 1.165) is 18.5 Å². The van der Waals surface area contributed by atoms with Crippen LogP contribution in [0.25, 0.3) is 0 Å². The third-order valence-corrected chi connectivity index (χ3v) is 8.13. The van der Waals surface area contributed by atoms with Crippen LogP contribution in [0.15, 0.2) is 30.3 Å². The van der Waals surface area contributed by atoms with Crippen LogP contribution in [0.3, 0.4) is 0 Å². The molecule has 5 nitrogen and oxygen atoms in total. The van der Waals surface area contributed by atoms with Gasteiger partial charge in [-0.05, 0) is 107 Å². The lowest BCUT2D eigenvalue weighted by molar-refractivity contribution is 0.220. The molecule has 0 aliphatic rings. The van der Waals surface area contributed by atoms with Gasteiger partial charge < -0.3 is 18.5 Å². The summed E-state index contributed by atoms with van der Waals surface area (Å²) in [5, 5.41) is 0. The summed E-state index contributed by atoms with van der Waals surface area (Å²) >= 11 is 4.54. The molecule has 2 aromatic carbocycles. The van der Waals surface area contributed by atoms with Crippen LogP contribution >= 0.6 is 52.8 Å². The Hall–Kier alpha value is -0.350. The van der Waals surface area contributed by atoms with Gasteiger partial charge in [0.1, 0.15) is 0 Å². The first-order valence-corrected chi connectivity index (χ1v) is 13.8. The van der Waals surface area contributed by atoms with Gasteiger partial charge in [0.2, 0.25) is 0 Å². The SMILES string of the molecule is CCOP(=O)(CCc1cc(I)c(Oc2ccc(C(C)C)cc2OC)c(I)c1)OCC. The van der Waals surface area contributed by atoms with Crippen molar-refractivity contribution in [3.05, 3.63) is 48.6 Å². The number of halogens is 2. The molecule has 0 atom stereocenters. The van der Waals surface area contributed by atoms with E-state index in [4.69, 9.17) is 18.5 Å². The molecule has 0 N–H and O–H groups in total. The maximum absolute atomic E-state index is 12.7. The molecule has 0 radical (unpaired) electrons. The minimum atomic E-state index is -3.06. The van der Waals surface area contributed by atoms with Crippen molar-refractivity contribution in [1.29, 1.82) is 0 Å². The molecule has 8 heteroatoms. The lowest BCUT2D eigenvalue weighted by Crippen LogP contribution is -2.04. The van der Waals surface area contributed by atoms with Gasteiger partial charge in [-0.15, -0.1) is 0 Å². The highest BCUT2D eigenvalue weighted by molar-refractivity contribution is 14.1. The van der Waals surface area contributed by atoms with Crippen LogP contribution < -0.4 is 9.47 Å². The molecule has 0 saturated heterocycles. The maximum atomic E-state index is 12.7. The van der Waals surface area contributed by atoms with E-state index in [1.807, 2.05) is 26.0 Å². The zero-order valence-electron chi connectivity index (χ0n) is 18.0. The van der Waals surface area contributed by atoms with Crippen LogP contribution in [0.5, 0.6) is 17.2 Å². The monoisotopic (exact) mass is 658 g/mol. The van der Waals surface area contributed by atoms with Gasteiger partial charge in [-0.25, -0.2) is 0 Å². The molecule has 0 heterocycles. The van der Waals surface area contributed by atoms with Gasteiger partial charge in [-0.1, -0.05) is 19.9 Å². The standard InChI is InChI=1S/C22H29I2O5P/c1-6-27-30(25,28-7-2)11-10-16-12-18(23)22(19(24)13-16)29-20-9-8-17(15(3)4)14-21(20)26-5/h8-9,12-15H,6-7,10-11H2,1-5H3. The molecule has 0 unspecified atom stereocenters. The van der Waals surface area contributed by atoms with E-state index < -0.39 is 7.60 Å². The fourth-order valence-corrected chi connectivity index (χ4v) is 6.69. The number of methoxy groups -OCH3 is 1. The second kappa shape index (κ2) is 12.0. The molecule has 0 aliphatic carbocycles. The summed E-state index contributed by atoms with van der Waals surface area (Å²) in [4.78, 5) is 0. The van der Waals surface area contributed by atoms with Gasteiger partial charge in [0, 0.05) is 0 Å². The number of benzene rings is 2. The van der Waals surface area contributed by atoms with Gasteiger partial charge >= 0.3 is 7.60 Å². The molecule has 30 heavy (non-hydrogen) atoms. The summed E-state index contributed by atoms with van der Waals surface area (Å²) in [6.45, 7) is 8.69. The van der Waals surface area contributed by atoms with Gasteiger partial charge in [-0.2, -0.15) is 0 Å². The Labute approximate surface area is 207 Å². The Morgan fingerprint density at radius 3 is 2.07 bits per heavy atom. The number of aryl methyl sites for hydroxylation is 1. The van der Waals surface area contributed by atoms with Crippen molar-refractivity contribution in [2.45, 2.75) is 40.0 Å². The topological polar surface area (TPSA) is 54.0 Å². The molecule has 0 spiro atoms. The number of hydrogen-bond donors (Lipinski definition) is 0. The highest BCUT2D eigenvalue weighted by Crippen LogP contribution is 2.48. The van der Waals surface area contributed by atoms with E-state index >= 15 is 0 Å². The number of ether oxygens (including phenoxy) is 2. The molecule has 0 aliphatic heterocycles. The average Bonchev–Trinajstić information content (AvgIpc) is 2.69. The van der Waals surface area contributed by atoms with E-state index in [-0.39, 0.29) is 0 Å². The fourth-order valence-electron chi connectivity index (χ4n) is 2.92. The molecular weight excluding hydrogens is 629 g/mol. The second-order valence-electron chi connectivity index (χ2n) is 6.98. The zero-order chi connectivity index (χ0) is 22.3. The van der Waals surface area contributed by atoms with Crippen molar-refractivity contribution in [3.63, 3.8) is 0 Å². The van der Waals surface area contributed by atoms with Crippen molar-refractivity contribution in [2.24, 2.45) is 0 Å². The summed E-state index contributed by atoms with van der Waals surface area (Å²) in [5.41, 5.74) is 2.27. The average molecular weight is 658 g/mol. The number of hydrogen-bond acceptors (Lipinski definition) is 5. The van der Waals surface area contributed by atoms with E-state index in [0.29, 0.717) is 43.2 Å². The summed E-state index contributed by atoms with van der Waals surface area (Å²) < 4.78 is 37.3. The van der Waals surface area contributed by atoms with Gasteiger partial charge in [-0.3, -0.25) is 4.57 Å². The quantitative estimate of drug-likeness (QED) is 0.184. The van der Waals surface area contributed by atoms with E-state index in [1.54, 1.807) is 7.11 Å². The molecule has 0 saturated carbocycles. The van der Waals surface area contributed by atoms with Crippen LogP contribution in [0.4, 0.5) is 0 Å². The summed E-state index contributed by atoms with van der Waals surface area (Å²) in [6.07, 6.45) is 0.960. The molecule has 2 rings (SSSR count). The molecule has 0 amide bonds. The van der Waals surface area contributed by atoms with Crippen molar-refractivity contribution in [2.75, 3.05) is 26.5 Å². The molecule has 0 bridgehead atoms. The van der Waals surface area contributed by atoms with E-state index in [9.17, 15) is 4.57 Å². The third kappa shape index (κ3) is 7.08. The van der Waals surface area contributed by atoms with Gasteiger partial charge in [0.15, 0.2) is 17.2 Å². The first-order chi connectivity index (χ1) is 14.2. The Morgan fingerprint density at radius 1 is 0.967 bits per heavy atom. The molecule has 166 valence electrons. The second-order valence-corrected chi connectivity index (χ2v) is 11.5. The largest absolute Gasteiger partial charge is 0.493 e. The highest BCUT2D eigenvalue weighted by atomic mass is 127. The lowest BCUT2D eigenvalue weighted by atomic mass is 10.0. The van der Waals surface area contributed by atoms with Crippen LogP contribution in [-0.2, 0) is 20.0 Å². The Balaban J connectivity index is 2.22. The molecule has 0 aromatic heterocycles. The Kier molecular flexibility index (Phi) is 10.4. The van der Waals surface area contributed by atoms with E-state index in [1.165, 1.54) is 5.56 Å². The minimum absolute atomic E-state index is 0.353. The first kappa shape index (κ1) is 25.9. The maximum Gasteiger partial charge on any atom is 0.330 e. The van der Waals surface area contributed by atoms with Crippen LogP contribution in [0, 0.1) is 7.14 Å². The van der Waals surface area contributed by atoms with Gasteiger partial charge in [0.05, 0.1) is 33.6 Å². The zero-order valence-corrected chi connectivity index (χ0v) is 23.2. The minimum Gasteiger partial charge on any atom is -0.493 e. The Bertz CT molecular complexity index is 868. The summed E-state index contributed by atoms with van der Waals surface area (Å²) in [5.74, 6) is 2.60. The third-order valence-electron chi connectivity index (χ3n) is 4.45. The summed E-state index contributed by atoms with van der Waals surface area (Å²) in [6, 6.07) is 10.1. The first-order valence-electron chi connectivity index (χ1n) is 9.94. The normalized spacial score (nSPS) is 11.7. The lowest BCUT2D eigenvalue weighted by Gasteiger charge is -2.18. The highest BCUT2D eigenvalue weighted by Gasteiger charge is 2.23. The predicted octanol–water partition coefficient (Wildman–Crippen LogP) is 7.63. The van der Waals surface area contributed by atoms with Crippen molar-refractivity contribution in [1.82, 2.24) is 0 Å². The van der Waals surface area contributed by atoms with Crippen molar-refractivity contribution < 1.29 is 23.1 Å². The van der Waals surface area contributed by atoms with Crippen molar-refractivity contribution in [3.8, 4) is 17.2 Å². The van der Waals surface area contributed by atoms with E-state index in [2.05, 4.69) is 77.2 Å². The smallest absolute Gasteiger partial charge is 0.330 e. The van der Waals surface area contributed by atoms with Crippen LogP contribution in [0.2, 0.25) is 0 Å². The summed E-state index contributed by atoms with van der Waals surface area (Å²) in [7, 11) is -1.40. The molecular formula is C22H29I2O5P.